The molecule has 1 spiro atoms. The SMILES string of the molecule is Cn1c(=O)c(-c2[nH]nc3c2C2(CCCCC2)C(C#N)C(=S)N3)c(O)c2ccccc21. The first kappa shape index (κ1) is 18.8. The zero-order chi connectivity index (χ0) is 21.0. The molecule has 0 radical (unpaired) electrons. The van der Waals surface area contributed by atoms with Crippen LogP contribution < -0.4 is 10.9 Å². The molecule has 8 heteroatoms. The van der Waals surface area contributed by atoms with Crippen molar-refractivity contribution in [2.24, 2.45) is 13.0 Å². The summed E-state index contributed by atoms with van der Waals surface area (Å²) in [5, 5.41) is 32.2. The number of aromatic amines is 1. The Morgan fingerprint density at radius 2 is 2.03 bits per heavy atom. The molecule has 2 aromatic heterocycles. The van der Waals surface area contributed by atoms with E-state index in [9.17, 15) is 15.2 Å². The van der Waals surface area contributed by atoms with Crippen LogP contribution in [0, 0.1) is 17.2 Å². The van der Waals surface area contributed by atoms with E-state index in [-0.39, 0.29) is 16.9 Å². The number of aryl methyl sites for hydroxylation is 1. The molecule has 1 atom stereocenters. The van der Waals surface area contributed by atoms with Crippen molar-refractivity contribution in [1.82, 2.24) is 14.8 Å². The van der Waals surface area contributed by atoms with Gasteiger partial charge in [-0.25, -0.2) is 0 Å². The Morgan fingerprint density at radius 1 is 1.30 bits per heavy atom. The van der Waals surface area contributed by atoms with E-state index in [1.807, 2.05) is 12.1 Å². The van der Waals surface area contributed by atoms with Gasteiger partial charge in [-0.15, -0.1) is 0 Å². The Bertz CT molecular complexity index is 1290. The predicted molar refractivity (Wildman–Crippen MR) is 119 cm³/mol. The van der Waals surface area contributed by atoms with E-state index >= 15 is 0 Å². The average Bonchev–Trinajstić information content (AvgIpc) is 3.17. The molecular formula is C22H21N5O2S. The van der Waals surface area contributed by atoms with Crippen LogP contribution in [0.15, 0.2) is 29.1 Å². The van der Waals surface area contributed by atoms with Gasteiger partial charge in [0, 0.05) is 23.4 Å². The van der Waals surface area contributed by atoms with Crippen molar-refractivity contribution < 1.29 is 5.11 Å². The molecule has 0 amide bonds. The normalized spacial score (nSPS) is 20.0. The highest BCUT2D eigenvalue weighted by Crippen LogP contribution is 2.53. The van der Waals surface area contributed by atoms with Crippen LogP contribution in [0.2, 0.25) is 0 Å². The molecule has 152 valence electrons. The summed E-state index contributed by atoms with van der Waals surface area (Å²) in [5.41, 5.74) is 1.28. The summed E-state index contributed by atoms with van der Waals surface area (Å²) in [6, 6.07) is 9.65. The van der Waals surface area contributed by atoms with Crippen molar-refractivity contribution in [1.29, 1.82) is 5.26 Å². The minimum absolute atomic E-state index is 0.0761. The van der Waals surface area contributed by atoms with Crippen LogP contribution in [-0.4, -0.2) is 24.9 Å². The first-order valence-corrected chi connectivity index (χ1v) is 10.5. The maximum absolute atomic E-state index is 13.3. The number of rotatable bonds is 1. The number of aromatic nitrogens is 3. The topological polar surface area (TPSA) is 107 Å². The van der Waals surface area contributed by atoms with Crippen molar-refractivity contribution >= 4 is 33.9 Å². The van der Waals surface area contributed by atoms with E-state index in [1.54, 1.807) is 19.2 Å². The number of anilines is 1. The molecule has 7 nitrogen and oxygen atoms in total. The highest BCUT2D eigenvalue weighted by atomic mass is 32.1. The second-order valence-electron chi connectivity index (χ2n) is 8.20. The zero-order valence-electron chi connectivity index (χ0n) is 16.5. The van der Waals surface area contributed by atoms with Gasteiger partial charge in [-0.3, -0.25) is 9.89 Å². The van der Waals surface area contributed by atoms with Crippen molar-refractivity contribution in [3.05, 3.63) is 40.2 Å². The molecule has 1 aliphatic heterocycles. The van der Waals surface area contributed by atoms with Gasteiger partial charge in [-0.1, -0.05) is 43.6 Å². The molecule has 1 aliphatic carbocycles. The molecule has 3 aromatic rings. The number of aromatic hydroxyl groups is 1. The Kier molecular flexibility index (Phi) is 4.19. The number of nitrogens with one attached hydrogen (secondary N) is 2. The summed E-state index contributed by atoms with van der Waals surface area (Å²) < 4.78 is 1.54. The lowest BCUT2D eigenvalue weighted by Gasteiger charge is -2.44. The predicted octanol–water partition coefficient (Wildman–Crippen LogP) is 3.73. The van der Waals surface area contributed by atoms with Crippen LogP contribution in [0.5, 0.6) is 5.75 Å². The third kappa shape index (κ3) is 2.39. The number of hydrogen-bond donors (Lipinski definition) is 3. The first-order chi connectivity index (χ1) is 14.5. The summed E-state index contributed by atoms with van der Waals surface area (Å²) in [4.78, 5) is 13.8. The fourth-order valence-electron chi connectivity index (χ4n) is 5.29. The zero-order valence-corrected chi connectivity index (χ0v) is 17.3. The fourth-order valence-corrected chi connectivity index (χ4v) is 5.67. The molecule has 2 aliphatic rings. The van der Waals surface area contributed by atoms with Crippen LogP contribution in [-0.2, 0) is 12.5 Å². The van der Waals surface area contributed by atoms with E-state index < -0.39 is 11.3 Å². The van der Waals surface area contributed by atoms with Crippen molar-refractivity contribution in [2.45, 2.75) is 37.5 Å². The number of thiocarbonyl (C=S) groups is 1. The van der Waals surface area contributed by atoms with Gasteiger partial charge in [0.25, 0.3) is 5.56 Å². The third-order valence-corrected chi connectivity index (χ3v) is 7.06. The van der Waals surface area contributed by atoms with Gasteiger partial charge < -0.3 is 15.0 Å². The van der Waals surface area contributed by atoms with E-state index in [0.717, 1.165) is 37.7 Å². The first-order valence-electron chi connectivity index (χ1n) is 10.1. The van der Waals surface area contributed by atoms with Gasteiger partial charge in [0.15, 0.2) is 5.82 Å². The standard InChI is InChI=1S/C22H21N5O2S/c1-27-14-8-4-3-7-12(14)18(28)15(21(27)29)17-16-19(26-25-17)24-20(30)13(11-23)22(16)9-5-2-6-10-22/h3-4,7-8,13,28H,2,5-6,9-10H2,1H3,(H2,24,25,26,30). The van der Waals surface area contributed by atoms with Crippen LogP contribution >= 0.6 is 12.2 Å². The number of benzene rings is 1. The molecule has 3 heterocycles. The highest BCUT2D eigenvalue weighted by molar-refractivity contribution is 7.80. The second kappa shape index (κ2) is 6.67. The van der Waals surface area contributed by atoms with Crippen LogP contribution in [0.25, 0.3) is 22.2 Å². The summed E-state index contributed by atoms with van der Waals surface area (Å²) >= 11 is 5.51. The van der Waals surface area contributed by atoms with E-state index in [0.29, 0.717) is 27.4 Å². The number of nitrogens with zero attached hydrogens (tertiary/aromatic N) is 3. The van der Waals surface area contributed by atoms with Gasteiger partial charge in [0.1, 0.15) is 17.2 Å². The van der Waals surface area contributed by atoms with E-state index in [4.69, 9.17) is 12.2 Å². The lowest BCUT2D eigenvalue weighted by Crippen LogP contribution is -2.46. The molecule has 3 N–H and O–H groups in total. The average molecular weight is 420 g/mol. The van der Waals surface area contributed by atoms with E-state index in [2.05, 4.69) is 21.6 Å². The minimum Gasteiger partial charge on any atom is -0.506 e. The molecule has 30 heavy (non-hydrogen) atoms. The quantitative estimate of drug-likeness (QED) is 0.519. The third-order valence-electron chi connectivity index (χ3n) is 6.72. The number of para-hydroxylation sites is 1. The summed E-state index contributed by atoms with van der Waals surface area (Å²) in [7, 11) is 1.69. The summed E-state index contributed by atoms with van der Waals surface area (Å²) in [6.07, 6.45) is 4.65. The Balaban J connectivity index is 1.85. The van der Waals surface area contributed by atoms with Gasteiger partial charge in [-0.05, 0) is 25.0 Å². The van der Waals surface area contributed by atoms with Gasteiger partial charge in [0.2, 0.25) is 0 Å². The van der Waals surface area contributed by atoms with E-state index in [1.165, 1.54) is 4.57 Å². The van der Waals surface area contributed by atoms with Crippen LogP contribution in [0.3, 0.4) is 0 Å². The van der Waals surface area contributed by atoms with Gasteiger partial charge >= 0.3 is 0 Å². The Morgan fingerprint density at radius 3 is 2.77 bits per heavy atom. The Hall–Kier alpha value is -3.18. The monoisotopic (exact) mass is 419 g/mol. The summed E-state index contributed by atoms with van der Waals surface area (Å²) in [6.45, 7) is 0. The molecule has 1 saturated carbocycles. The number of fused-ring (bicyclic) bond motifs is 3. The minimum atomic E-state index is -0.518. The Labute approximate surface area is 178 Å². The molecule has 1 aromatic carbocycles. The second-order valence-corrected chi connectivity index (χ2v) is 8.64. The molecule has 1 unspecified atom stereocenters. The number of H-pyrrole nitrogens is 1. The lowest BCUT2D eigenvalue weighted by molar-refractivity contribution is 0.266. The summed E-state index contributed by atoms with van der Waals surface area (Å²) in [5.74, 6) is -0.0196. The van der Waals surface area contributed by atoms with Crippen molar-refractivity contribution in [3.8, 4) is 23.1 Å². The molecule has 0 saturated heterocycles. The van der Waals surface area contributed by atoms with Crippen molar-refractivity contribution in [3.63, 3.8) is 0 Å². The number of nitriles is 1. The van der Waals surface area contributed by atoms with Gasteiger partial charge in [-0.2, -0.15) is 10.4 Å². The largest absolute Gasteiger partial charge is 0.506 e. The van der Waals surface area contributed by atoms with Gasteiger partial charge in [0.05, 0.1) is 22.3 Å². The number of pyridine rings is 1. The molecule has 0 bridgehead atoms. The maximum Gasteiger partial charge on any atom is 0.264 e. The molecule has 5 rings (SSSR count). The maximum atomic E-state index is 13.3. The molecule has 1 fully saturated rings. The van der Waals surface area contributed by atoms with Crippen molar-refractivity contribution in [2.75, 3.05) is 5.32 Å². The van der Waals surface area contributed by atoms with Crippen LogP contribution in [0.4, 0.5) is 5.82 Å². The smallest absolute Gasteiger partial charge is 0.264 e. The lowest BCUT2D eigenvalue weighted by atomic mass is 9.60. The fraction of sp³-hybridized carbons (Fsp3) is 0.364. The highest BCUT2D eigenvalue weighted by Gasteiger charge is 2.51. The van der Waals surface area contributed by atoms with Crippen LogP contribution in [0.1, 0.15) is 37.7 Å². The molecular weight excluding hydrogens is 398 g/mol. The number of hydrogen-bond acceptors (Lipinski definition) is 5.